The van der Waals surface area contributed by atoms with Gasteiger partial charge in [-0.05, 0) is 68.5 Å². The zero-order chi connectivity index (χ0) is 22.4. The van der Waals surface area contributed by atoms with Gasteiger partial charge in [-0.3, -0.25) is 4.79 Å². The summed E-state index contributed by atoms with van der Waals surface area (Å²) in [7, 11) is 0. The van der Waals surface area contributed by atoms with Crippen LogP contribution >= 0.6 is 0 Å². The number of anilines is 1. The van der Waals surface area contributed by atoms with Gasteiger partial charge in [-0.2, -0.15) is 10.5 Å². The first-order valence-electron chi connectivity index (χ1n) is 10.3. The topological polar surface area (TPSA) is 109 Å². The van der Waals surface area contributed by atoms with Gasteiger partial charge in [-0.15, -0.1) is 0 Å². The van der Waals surface area contributed by atoms with Crippen LogP contribution in [-0.2, 0) is 0 Å². The first kappa shape index (κ1) is 21.9. The standard InChI is InChI=1S/C24H25N5O2/c1-16(2)27-24(31)28-22-13-20(7-8-21(22)15-26)23(30)29-11-9-19(10-12-29)18-5-3-17(14-25)4-6-18/h3-8,13,16,19H,9-12H2,1-2H3,(H2,27,28,31). The van der Waals surface area contributed by atoms with Gasteiger partial charge >= 0.3 is 6.03 Å². The number of nitriles is 2. The number of nitrogens with zero attached hydrogens (tertiary/aromatic N) is 3. The number of carbonyl (C=O) groups is 2. The molecule has 2 N–H and O–H groups in total. The zero-order valence-electron chi connectivity index (χ0n) is 17.7. The lowest BCUT2D eigenvalue weighted by Crippen LogP contribution is -2.38. The molecule has 0 atom stereocenters. The Morgan fingerprint density at radius 2 is 1.71 bits per heavy atom. The van der Waals surface area contributed by atoms with Gasteiger partial charge in [-0.1, -0.05) is 12.1 Å². The van der Waals surface area contributed by atoms with Crippen molar-refractivity contribution in [3.05, 3.63) is 64.7 Å². The van der Waals surface area contributed by atoms with Gasteiger partial charge in [0.1, 0.15) is 6.07 Å². The fourth-order valence-corrected chi connectivity index (χ4v) is 3.73. The highest BCUT2D eigenvalue weighted by atomic mass is 16.2. The minimum atomic E-state index is -0.417. The third kappa shape index (κ3) is 5.40. The molecule has 2 aromatic rings. The predicted octanol–water partition coefficient (Wildman–Crippen LogP) is 3.98. The fraction of sp³-hybridized carbons (Fsp3) is 0.333. The van der Waals surface area contributed by atoms with Crippen LogP contribution in [0.5, 0.6) is 0 Å². The lowest BCUT2D eigenvalue weighted by molar-refractivity contribution is 0.0713. The quantitative estimate of drug-likeness (QED) is 0.787. The number of benzene rings is 2. The fourth-order valence-electron chi connectivity index (χ4n) is 3.73. The van der Waals surface area contributed by atoms with E-state index in [1.165, 1.54) is 5.56 Å². The van der Waals surface area contributed by atoms with Crippen molar-refractivity contribution >= 4 is 17.6 Å². The second-order valence-electron chi connectivity index (χ2n) is 7.93. The van der Waals surface area contributed by atoms with Crippen LogP contribution in [0.2, 0.25) is 0 Å². The molecule has 0 unspecified atom stereocenters. The van der Waals surface area contributed by atoms with Crippen molar-refractivity contribution in [2.24, 2.45) is 0 Å². The summed E-state index contributed by atoms with van der Waals surface area (Å²) in [6.07, 6.45) is 1.69. The second kappa shape index (κ2) is 9.77. The molecule has 3 amide bonds. The van der Waals surface area contributed by atoms with Gasteiger partial charge in [0.15, 0.2) is 0 Å². The SMILES string of the molecule is CC(C)NC(=O)Nc1cc(C(=O)N2CCC(c3ccc(C#N)cc3)CC2)ccc1C#N. The van der Waals surface area contributed by atoms with Crippen molar-refractivity contribution in [3.63, 3.8) is 0 Å². The Labute approximate surface area is 182 Å². The van der Waals surface area contributed by atoms with Crippen molar-refractivity contribution in [1.29, 1.82) is 10.5 Å². The van der Waals surface area contributed by atoms with Crippen LogP contribution in [0.3, 0.4) is 0 Å². The van der Waals surface area contributed by atoms with Crippen molar-refractivity contribution in [3.8, 4) is 12.1 Å². The van der Waals surface area contributed by atoms with Crippen LogP contribution in [0.4, 0.5) is 10.5 Å². The Kier molecular flexibility index (Phi) is 6.89. The molecule has 0 saturated carbocycles. The molecule has 7 nitrogen and oxygen atoms in total. The van der Waals surface area contributed by atoms with Gasteiger partial charge in [0, 0.05) is 24.7 Å². The summed E-state index contributed by atoms with van der Waals surface area (Å²) >= 11 is 0. The molecule has 0 bridgehead atoms. The van der Waals surface area contributed by atoms with Crippen LogP contribution in [0, 0.1) is 22.7 Å². The minimum absolute atomic E-state index is 0.0484. The van der Waals surface area contributed by atoms with E-state index in [0.29, 0.717) is 41.4 Å². The molecule has 1 fully saturated rings. The molecular formula is C24H25N5O2. The van der Waals surface area contributed by atoms with Crippen molar-refractivity contribution < 1.29 is 9.59 Å². The second-order valence-corrected chi connectivity index (χ2v) is 7.93. The smallest absolute Gasteiger partial charge is 0.319 e. The maximum Gasteiger partial charge on any atom is 0.319 e. The molecule has 2 aromatic carbocycles. The van der Waals surface area contributed by atoms with Crippen molar-refractivity contribution in [1.82, 2.24) is 10.2 Å². The lowest BCUT2D eigenvalue weighted by Gasteiger charge is -2.32. The average Bonchev–Trinajstić information content (AvgIpc) is 2.78. The number of urea groups is 1. The summed E-state index contributed by atoms with van der Waals surface area (Å²) in [5.41, 5.74) is 2.89. The summed E-state index contributed by atoms with van der Waals surface area (Å²) in [5, 5.41) is 23.6. The number of nitrogens with one attached hydrogen (secondary N) is 2. The molecular weight excluding hydrogens is 390 g/mol. The first-order valence-corrected chi connectivity index (χ1v) is 10.3. The summed E-state index contributed by atoms with van der Waals surface area (Å²) in [6.45, 7) is 4.93. The molecule has 158 valence electrons. The van der Waals surface area contributed by atoms with E-state index in [0.717, 1.165) is 12.8 Å². The van der Waals surface area contributed by atoms with Crippen LogP contribution in [0.15, 0.2) is 42.5 Å². The van der Waals surface area contributed by atoms with Gasteiger partial charge in [0.2, 0.25) is 0 Å². The van der Waals surface area contributed by atoms with Crippen molar-refractivity contribution in [2.75, 3.05) is 18.4 Å². The summed E-state index contributed by atoms with van der Waals surface area (Å²) in [6, 6.07) is 16.1. The molecule has 1 aliphatic rings. The molecule has 3 rings (SSSR count). The Hall–Kier alpha value is -3.84. The lowest BCUT2D eigenvalue weighted by atomic mass is 9.89. The van der Waals surface area contributed by atoms with Crippen LogP contribution < -0.4 is 10.6 Å². The number of hydrogen-bond acceptors (Lipinski definition) is 4. The van der Waals surface area contributed by atoms with E-state index in [9.17, 15) is 14.9 Å². The number of piperidine rings is 1. The van der Waals surface area contributed by atoms with E-state index in [2.05, 4.69) is 16.7 Å². The van der Waals surface area contributed by atoms with E-state index in [4.69, 9.17) is 5.26 Å². The largest absolute Gasteiger partial charge is 0.339 e. The van der Waals surface area contributed by atoms with E-state index in [1.54, 1.807) is 23.1 Å². The number of hydrogen-bond donors (Lipinski definition) is 2. The molecule has 0 spiro atoms. The third-order valence-electron chi connectivity index (χ3n) is 5.35. The van der Waals surface area contributed by atoms with E-state index < -0.39 is 6.03 Å². The van der Waals surface area contributed by atoms with Crippen LogP contribution in [0.1, 0.15) is 59.7 Å². The Bertz CT molecular complexity index is 1040. The Morgan fingerprint density at radius 3 is 2.29 bits per heavy atom. The maximum atomic E-state index is 13.0. The van der Waals surface area contributed by atoms with E-state index in [-0.39, 0.29) is 11.9 Å². The Morgan fingerprint density at radius 1 is 1.03 bits per heavy atom. The van der Waals surface area contributed by atoms with E-state index in [1.807, 2.05) is 44.2 Å². The number of carbonyl (C=O) groups excluding carboxylic acids is 2. The number of amides is 3. The summed E-state index contributed by atoms with van der Waals surface area (Å²) in [5.74, 6) is 0.241. The monoisotopic (exact) mass is 415 g/mol. The predicted molar refractivity (Wildman–Crippen MR) is 117 cm³/mol. The average molecular weight is 415 g/mol. The molecule has 0 aliphatic carbocycles. The molecule has 1 saturated heterocycles. The van der Waals surface area contributed by atoms with Gasteiger partial charge in [0.05, 0.1) is 22.9 Å². The van der Waals surface area contributed by atoms with Crippen LogP contribution in [-0.4, -0.2) is 36.0 Å². The molecule has 31 heavy (non-hydrogen) atoms. The van der Waals surface area contributed by atoms with Crippen LogP contribution in [0.25, 0.3) is 0 Å². The van der Waals surface area contributed by atoms with Gasteiger partial charge < -0.3 is 15.5 Å². The normalized spacial score (nSPS) is 13.9. The summed E-state index contributed by atoms with van der Waals surface area (Å²) in [4.78, 5) is 26.9. The van der Waals surface area contributed by atoms with Gasteiger partial charge in [-0.25, -0.2) is 4.79 Å². The highest BCUT2D eigenvalue weighted by Gasteiger charge is 2.25. The molecule has 0 aromatic heterocycles. The molecule has 1 aliphatic heterocycles. The molecule has 1 heterocycles. The summed E-state index contributed by atoms with van der Waals surface area (Å²) < 4.78 is 0. The first-order chi connectivity index (χ1) is 14.9. The van der Waals surface area contributed by atoms with Gasteiger partial charge in [0.25, 0.3) is 5.91 Å². The van der Waals surface area contributed by atoms with Crippen molar-refractivity contribution in [2.45, 2.75) is 38.6 Å². The number of likely N-dealkylation sites (tertiary alicyclic amines) is 1. The highest BCUT2D eigenvalue weighted by molar-refractivity contribution is 5.98. The Balaban J connectivity index is 1.67. The zero-order valence-corrected chi connectivity index (χ0v) is 17.7. The minimum Gasteiger partial charge on any atom is -0.339 e. The van der Waals surface area contributed by atoms with E-state index >= 15 is 0 Å². The maximum absolute atomic E-state index is 13.0. The number of rotatable bonds is 4. The third-order valence-corrected chi connectivity index (χ3v) is 5.35. The highest BCUT2D eigenvalue weighted by Crippen LogP contribution is 2.29. The molecule has 7 heteroatoms. The molecule has 0 radical (unpaired) electrons.